The summed E-state index contributed by atoms with van der Waals surface area (Å²) in [5, 5.41) is 2.96. The fourth-order valence-electron chi connectivity index (χ4n) is 2.95. The Hall–Kier alpha value is -3.02. The highest BCUT2D eigenvalue weighted by Crippen LogP contribution is 2.17. The summed E-state index contributed by atoms with van der Waals surface area (Å²) in [5.41, 5.74) is 1.93. The standard InChI is InChI=1S/C24H32N2O4/c1-6-18(3)25-24(28)19(4)26(15-20-10-8-11-21(14-20)29-5)23(27)16-30-22-12-7-9-17(2)13-22/h7-14,18-19H,6,15-16H2,1-5H3,(H,25,28). The smallest absolute Gasteiger partial charge is 0.261 e. The summed E-state index contributed by atoms with van der Waals surface area (Å²) in [6.45, 7) is 7.79. The van der Waals surface area contributed by atoms with Crippen LogP contribution in [-0.2, 0) is 16.1 Å². The average Bonchev–Trinajstić information content (AvgIpc) is 2.75. The van der Waals surface area contributed by atoms with Gasteiger partial charge in [-0.05, 0) is 62.6 Å². The highest BCUT2D eigenvalue weighted by molar-refractivity contribution is 5.88. The predicted octanol–water partition coefficient (Wildman–Crippen LogP) is 3.71. The van der Waals surface area contributed by atoms with E-state index in [2.05, 4.69) is 5.32 Å². The number of carbonyl (C=O) groups is 2. The third kappa shape index (κ3) is 6.79. The Morgan fingerprint density at radius 3 is 2.43 bits per heavy atom. The number of benzene rings is 2. The lowest BCUT2D eigenvalue weighted by atomic mass is 10.1. The summed E-state index contributed by atoms with van der Waals surface area (Å²) in [6, 6.07) is 14.4. The number of nitrogens with zero attached hydrogens (tertiary/aromatic N) is 1. The molecule has 0 heterocycles. The lowest BCUT2D eigenvalue weighted by Crippen LogP contribution is -2.50. The molecule has 0 aromatic heterocycles. The molecule has 1 N–H and O–H groups in total. The van der Waals surface area contributed by atoms with Crippen molar-refractivity contribution < 1.29 is 19.1 Å². The first-order chi connectivity index (χ1) is 14.3. The first-order valence-corrected chi connectivity index (χ1v) is 10.3. The second-order valence-electron chi connectivity index (χ2n) is 7.47. The van der Waals surface area contributed by atoms with Gasteiger partial charge in [0, 0.05) is 12.6 Å². The maximum atomic E-state index is 13.1. The van der Waals surface area contributed by atoms with Crippen LogP contribution in [0.25, 0.3) is 0 Å². The lowest BCUT2D eigenvalue weighted by molar-refractivity contribution is -0.142. The van der Waals surface area contributed by atoms with Crippen molar-refractivity contribution in [2.24, 2.45) is 0 Å². The fourth-order valence-corrected chi connectivity index (χ4v) is 2.95. The molecule has 0 spiro atoms. The van der Waals surface area contributed by atoms with Gasteiger partial charge in [-0.25, -0.2) is 0 Å². The average molecular weight is 413 g/mol. The zero-order chi connectivity index (χ0) is 22.1. The molecular weight excluding hydrogens is 380 g/mol. The molecule has 0 radical (unpaired) electrons. The van der Waals surface area contributed by atoms with Gasteiger partial charge in [0.15, 0.2) is 6.61 Å². The molecule has 2 atom stereocenters. The van der Waals surface area contributed by atoms with Gasteiger partial charge in [-0.1, -0.05) is 31.2 Å². The van der Waals surface area contributed by atoms with E-state index in [-0.39, 0.29) is 31.0 Å². The van der Waals surface area contributed by atoms with E-state index in [4.69, 9.17) is 9.47 Å². The maximum Gasteiger partial charge on any atom is 0.261 e. The van der Waals surface area contributed by atoms with Crippen LogP contribution in [0.1, 0.15) is 38.3 Å². The van der Waals surface area contributed by atoms with Crippen molar-refractivity contribution >= 4 is 11.8 Å². The molecule has 6 nitrogen and oxygen atoms in total. The van der Waals surface area contributed by atoms with Crippen molar-refractivity contribution in [2.75, 3.05) is 13.7 Å². The summed E-state index contributed by atoms with van der Waals surface area (Å²) >= 11 is 0. The van der Waals surface area contributed by atoms with Crippen LogP contribution in [0.4, 0.5) is 0 Å². The molecular formula is C24H32N2O4. The number of aryl methyl sites for hydroxylation is 1. The van der Waals surface area contributed by atoms with E-state index in [0.717, 1.165) is 17.5 Å². The van der Waals surface area contributed by atoms with E-state index in [1.165, 1.54) is 0 Å². The Bertz CT molecular complexity index is 853. The third-order valence-corrected chi connectivity index (χ3v) is 5.01. The van der Waals surface area contributed by atoms with Crippen molar-refractivity contribution in [3.05, 3.63) is 59.7 Å². The van der Waals surface area contributed by atoms with Crippen LogP contribution in [0, 0.1) is 6.92 Å². The normalized spacial score (nSPS) is 12.6. The molecule has 2 rings (SSSR count). The van der Waals surface area contributed by atoms with Gasteiger partial charge in [-0.3, -0.25) is 9.59 Å². The fraction of sp³-hybridized carbons (Fsp3) is 0.417. The van der Waals surface area contributed by atoms with Gasteiger partial charge >= 0.3 is 0 Å². The van der Waals surface area contributed by atoms with Gasteiger partial charge < -0.3 is 19.7 Å². The SMILES string of the molecule is CCC(C)NC(=O)C(C)N(Cc1cccc(OC)c1)C(=O)COc1cccc(C)c1. The molecule has 30 heavy (non-hydrogen) atoms. The largest absolute Gasteiger partial charge is 0.497 e. The molecule has 0 fully saturated rings. The first-order valence-electron chi connectivity index (χ1n) is 10.3. The van der Waals surface area contributed by atoms with Gasteiger partial charge in [0.2, 0.25) is 5.91 Å². The molecule has 0 saturated carbocycles. The molecule has 6 heteroatoms. The maximum absolute atomic E-state index is 13.1. The molecule has 0 aliphatic rings. The van der Waals surface area contributed by atoms with Crippen molar-refractivity contribution in [3.63, 3.8) is 0 Å². The summed E-state index contributed by atoms with van der Waals surface area (Å²) in [6.07, 6.45) is 0.818. The molecule has 0 aliphatic heterocycles. The van der Waals surface area contributed by atoms with Crippen LogP contribution in [-0.4, -0.2) is 42.5 Å². The molecule has 0 bridgehead atoms. The minimum atomic E-state index is -0.640. The second kappa shape index (κ2) is 11.2. The Morgan fingerprint density at radius 2 is 1.77 bits per heavy atom. The highest BCUT2D eigenvalue weighted by Gasteiger charge is 2.27. The molecule has 162 valence electrons. The van der Waals surface area contributed by atoms with Gasteiger partial charge in [0.05, 0.1) is 7.11 Å². The van der Waals surface area contributed by atoms with Crippen molar-refractivity contribution in [2.45, 2.75) is 52.7 Å². The number of hydrogen-bond donors (Lipinski definition) is 1. The van der Waals surface area contributed by atoms with E-state index in [1.54, 1.807) is 18.9 Å². The highest BCUT2D eigenvalue weighted by atomic mass is 16.5. The van der Waals surface area contributed by atoms with Crippen LogP contribution >= 0.6 is 0 Å². The number of methoxy groups -OCH3 is 1. The number of nitrogens with one attached hydrogen (secondary N) is 1. The molecule has 0 saturated heterocycles. The molecule has 0 aliphatic carbocycles. The van der Waals surface area contributed by atoms with E-state index in [1.807, 2.05) is 69.3 Å². The third-order valence-electron chi connectivity index (χ3n) is 5.01. The van der Waals surface area contributed by atoms with Crippen molar-refractivity contribution in [1.82, 2.24) is 10.2 Å². The number of ether oxygens (including phenoxy) is 2. The van der Waals surface area contributed by atoms with Crippen LogP contribution in [0.15, 0.2) is 48.5 Å². The zero-order valence-corrected chi connectivity index (χ0v) is 18.5. The van der Waals surface area contributed by atoms with Gasteiger partial charge in [-0.15, -0.1) is 0 Å². The number of amides is 2. The minimum Gasteiger partial charge on any atom is -0.497 e. The minimum absolute atomic E-state index is 0.0391. The summed E-state index contributed by atoms with van der Waals surface area (Å²) in [5.74, 6) is 0.885. The Kier molecular flexibility index (Phi) is 8.71. The lowest BCUT2D eigenvalue weighted by Gasteiger charge is -2.29. The Morgan fingerprint density at radius 1 is 1.07 bits per heavy atom. The molecule has 2 aromatic rings. The first kappa shape index (κ1) is 23.3. The Balaban J connectivity index is 2.17. The second-order valence-corrected chi connectivity index (χ2v) is 7.47. The molecule has 2 amide bonds. The quantitative estimate of drug-likeness (QED) is 0.646. The summed E-state index contributed by atoms with van der Waals surface area (Å²) < 4.78 is 11.0. The van der Waals surface area contributed by atoms with E-state index in [9.17, 15) is 9.59 Å². The van der Waals surface area contributed by atoms with Crippen LogP contribution in [0.2, 0.25) is 0 Å². The van der Waals surface area contributed by atoms with Crippen LogP contribution in [0.5, 0.6) is 11.5 Å². The van der Waals surface area contributed by atoms with E-state index in [0.29, 0.717) is 11.5 Å². The molecule has 2 unspecified atom stereocenters. The topological polar surface area (TPSA) is 67.9 Å². The number of carbonyl (C=O) groups excluding carboxylic acids is 2. The van der Waals surface area contributed by atoms with Gasteiger partial charge in [0.25, 0.3) is 5.91 Å². The van der Waals surface area contributed by atoms with Gasteiger partial charge in [-0.2, -0.15) is 0 Å². The van der Waals surface area contributed by atoms with Crippen molar-refractivity contribution in [1.29, 1.82) is 0 Å². The van der Waals surface area contributed by atoms with Crippen LogP contribution in [0.3, 0.4) is 0 Å². The Labute approximate surface area is 179 Å². The molecule has 2 aromatic carbocycles. The van der Waals surface area contributed by atoms with E-state index >= 15 is 0 Å². The summed E-state index contributed by atoms with van der Waals surface area (Å²) in [4.78, 5) is 27.3. The monoisotopic (exact) mass is 412 g/mol. The van der Waals surface area contributed by atoms with Crippen LogP contribution < -0.4 is 14.8 Å². The zero-order valence-electron chi connectivity index (χ0n) is 18.5. The van der Waals surface area contributed by atoms with Gasteiger partial charge in [0.1, 0.15) is 17.5 Å². The summed E-state index contributed by atoms with van der Waals surface area (Å²) in [7, 11) is 1.60. The van der Waals surface area contributed by atoms with E-state index < -0.39 is 6.04 Å². The predicted molar refractivity (Wildman–Crippen MR) is 118 cm³/mol. The number of hydrogen-bond acceptors (Lipinski definition) is 4. The number of rotatable bonds is 10. The van der Waals surface area contributed by atoms with Crippen molar-refractivity contribution in [3.8, 4) is 11.5 Å².